The average molecular weight is 395 g/mol. The number of anilines is 1. The Hall–Kier alpha value is -3.03. The zero-order valence-electron chi connectivity index (χ0n) is 15.6. The second kappa shape index (κ2) is 8.77. The van der Waals surface area contributed by atoms with Crippen molar-refractivity contribution in [2.45, 2.75) is 18.2 Å². The van der Waals surface area contributed by atoms with Gasteiger partial charge in [-0.05, 0) is 30.7 Å². The fourth-order valence-corrected chi connectivity index (χ4v) is 4.07. The first-order valence-corrected chi connectivity index (χ1v) is 9.58. The predicted molar refractivity (Wildman–Crippen MR) is 111 cm³/mol. The van der Waals surface area contributed by atoms with Gasteiger partial charge < -0.3 is 10.1 Å². The van der Waals surface area contributed by atoms with Gasteiger partial charge in [0.2, 0.25) is 0 Å². The van der Waals surface area contributed by atoms with E-state index in [1.807, 2.05) is 49.4 Å². The molecule has 3 rings (SSSR count). The van der Waals surface area contributed by atoms with Gasteiger partial charge in [-0.25, -0.2) is 10.6 Å². The molecule has 7 heteroatoms. The number of carbonyl (C=O) groups excluding carboxylic acids is 2. The first-order valence-electron chi connectivity index (χ1n) is 8.76. The molecule has 0 unspecified atom stereocenters. The lowest BCUT2D eigenvalue weighted by atomic mass is 10.0. The standard InChI is InChI=1S/C21H21N3O3S/c1-3-13(20(25)24-22)17-12-19(14-8-4-6-10-16(14)23-17)28-18-11-7-5-9-15(18)21(26)27-2/h4-12,23H,3,22H2,1-2H3,(H,24,25)/b17-13-. The number of rotatable bonds is 5. The molecule has 0 atom stereocenters. The van der Waals surface area contributed by atoms with Gasteiger partial charge in [0.05, 0.1) is 12.7 Å². The number of benzene rings is 2. The minimum Gasteiger partial charge on any atom is -0.465 e. The number of ether oxygens (including phenoxy) is 1. The number of para-hydroxylation sites is 1. The van der Waals surface area contributed by atoms with Crippen LogP contribution in [0.5, 0.6) is 0 Å². The molecule has 0 saturated heterocycles. The van der Waals surface area contributed by atoms with E-state index >= 15 is 0 Å². The number of methoxy groups -OCH3 is 1. The van der Waals surface area contributed by atoms with Gasteiger partial charge in [0.15, 0.2) is 0 Å². The van der Waals surface area contributed by atoms with Crippen LogP contribution in [-0.2, 0) is 9.53 Å². The molecule has 4 N–H and O–H groups in total. The quantitative estimate of drug-likeness (QED) is 0.235. The molecule has 0 radical (unpaired) electrons. The number of fused-ring (bicyclic) bond motifs is 1. The summed E-state index contributed by atoms with van der Waals surface area (Å²) in [4.78, 5) is 26.0. The van der Waals surface area contributed by atoms with Gasteiger partial charge in [-0.2, -0.15) is 0 Å². The number of nitrogens with two attached hydrogens (primary N) is 1. The molecule has 0 bridgehead atoms. The van der Waals surface area contributed by atoms with Crippen LogP contribution in [0.15, 0.2) is 70.8 Å². The number of amides is 1. The zero-order chi connectivity index (χ0) is 20.1. The Balaban J connectivity index is 2.11. The molecule has 2 aromatic rings. The van der Waals surface area contributed by atoms with E-state index in [-0.39, 0.29) is 5.91 Å². The Kier molecular flexibility index (Phi) is 6.18. The first kappa shape index (κ1) is 19.7. The summed E-state index contributed by atoms with van der Waals surface area (Å²) in [7, 11) is 1.36. The van der Waals surface area contributed by atoms with Gasteiger partial charge in [-0.1, -0.05) is 49.0 Å². The lowest BCUT2D eigenvalue weighted by molar-refractivity contribution is -0.117. The maximum Gasteiger partial charge on any atom is 0.339 e. The molecule has 0 spiro atoms. The van der Waals surface area contributed by atoms with E-state index in [0.29, 0.717) is 23.3 Å². The lowest BCUT2D eigenvalue weighted by Crippen LogP contribution is -2.32. The van der Waals surface area contributed by atoms with Crippen molar-refractivity contribution in [3.8, 4) is 0 Å². The molecular formula is C21H21N3O3S. The number of hydrogen-bond donors (Lipinski definition) is 3. The van der Waals surface area contributed by atoms with Gasteiger partial charge in [-0.3, -0.25) is 10.2 Å². The summed E-state index contributed by atoms with van der Waals surface area (Å²) in [6, 6.07) is 15.1. The molecule has 1 aliphatic rings. The Bertz CT molecular complexity index is 982. The summed E-state index contributed by atoms with van der Waals surface area (Å²) in [6.07, 6.45) is 2.43. The SMILES string of the molecule is CC/C(C(=O)NN)=C1\C=C(Sc2ccccc2C(=O)OC)c2ccccc2N1. The highest BCUT2D eigenvalue weighted by molar-refractivity contribution is 8.08. The van der Waals surface area contributed by atoms with E-state index < -0.39 is 5.97 Å². The predicted octanol–water partition coefficient (Wildman–Crippen LogP) is 3.69. The monoisotopic (exact) mass is 395 g/mol. The van der Waals surface area contributed by atoms with Crippen molar-refractivity contribution in [2.24, 2.45) is 5.84 Å². The second-order valence-corrected chi connectivity index (χ2v) is 7.07. The Labute approximate surface area is 167 Å². The Morgan fingerprint density at radius 2 is 1.86 bits per heavy atom. The highest BCUT2D eigenvalue weighted by Crippen LogP contribution is 2.43. The number of carbonyl (C=O) groups is 2. The summed E-state index contributed by atoms with van der Waals surface area (Å²) in [5, 5.41) is 3.31. The fraction of sp³-hybridized carbons (Fsp3) is 0.143. The number of esters is 1. The minimum absolute atomic E-state index is 0.333. The van der Waals surface area contributed by atoms with Crippen LogP contribution in [0.1, 0.15) is 29.3 Å². The highest BCUT2D eigenvalue weighted by Gasteiger charge is 2.22. The number of hydrazine groups is 1. The number of thioether (sulfide) groups is 1. The van der Waals surface area contributed by atoms with Gasteiger partial charge in [0.1, 0.15) is 0 Å². The lowest BCUT2D eigenvalue weighted by Gasteiger charge is -2.23. The van der Waals surface area contributed by atoms with Crippen LogP contribution in [0, 0.1) is 0 Å². The molecule has 1 heterocycles. The van der Waals surface area contributed by atoms with Crippen LogP contribution in [0.4, 0.5) is 5.69 Å². The largest absolute Gasteiger partial charge is 0.465 e. The van der Waals surface area contributed by atoms with Gasteiger partial charge in [-0.15, -0.1) is 0 Å². The highest BCUT2D eigenvalue weighted by atomic mass is 32.2. The second-order valence-electron chi connectivity index (χ2n) is 5.99. The van der Waals surface area contributed by atoms with Crippen LogP contribution in [-0.4, -0.2) is 19.0 Å². The molecule has 144 valence electrons. The molecule has 1 amide bonds. The van der Waals surface area contributed by atoms with Crippen LogP contribution >= 0.6 is 11.8 Å². The average Bonchev–Trinajstić information content (AvgIpc) is 2.74. The van der Waals surface area contributed by atoms with Gasteiger partial charge in [0.25, 0.3) is 5.91 Å². The molecule has 6 nitrogen and oxygen atoms in total. The molecule has 28 heavy (non-hydrogen) atoms. The zero-order valence-corrected chi connectivity index (χ0v) is 16.4. The van der Waals surface area contributed by atoms with E-state index in [2.05, 4.69) is 10.7 Å². The topological polar surface area (TPSA) is 93.5 Å². The maximum atomic E-state index is 12.2. The van der Waals surface area contributed by atoms with Crippen LogP contribution in [0.2, 0.25) is 0 Å². The molecule has 0 saturated carbocycles. The van der Waals surface area contributed by atoms with E-state index in [1.165, 1.54) is 18.9 Å². The van der Waals surface area contributed by atoms with Crippen molar-refractivity contribution in [3.63, 3.8) is 0 Å². The van der Waals surface area contributed by atoms with Gasteiger partial charge >= 0.3 is 5.97 Å². The van der Waals surface area contributed by atoms with Crippen molar-refractivity contribution in [3.05, 3.63) is 77.0 Å². The molecule has 1 aliphatic heterocycles. The number of allylic oxidation sites excluding steroid dienone is 1. The van der Waals surface area contributed by atoms with Crippen molar-refractivity contribution in [1.82, 2.24) is 5.43 Å². The Morgan fingerprint density at radius 3 is 2.57 bits per heavy atom. The third-order valence-corrected chi connectivity index (χ3v) is 5.47. The minimum atomic E-state index is -0.390. The van der Waals surface area contributed by atoms with E-state index in [4.69, 9.17) is 10.6 Å². The summed E-state index contributed by atoms with van der Waals surface area (Å²) in [5.74, 6) is 4.61. The third-order valence-electron chi connectivity index (χ3n) is 4.33. The number of hydrogen-bond acceptors (Lipinski definition) is 6. The first-order chi connectivity index (χ1) is 13.6. The normalized spacial score (nSPS) is 14.3. The summed E-state index contributed by atoms with van der Waals surface area (Å²) >= 11 is 1.45. The summed E-state index contributed by atoms with van der Waals surface area (Å²) < 4.78 is 4.90. The van der Waals surface area contributed by atoms with E-state index in [1.54, 1.807) is 12.1 Å². The van der Waals surface area contributed by atoms with Crippen molar-refractivity contribution in [1.29, 1.82) is 0 Å². The molecule has 0 fully saturated rings. The molecule has 0 aromatic heterocycles. The molecule has 0 aliphatic carbocycles. The fourth-order valence-electron chi connectivity index (χ4n) is 2.96. The smallest absolute Gasteiger partial charge is 0.339 e. The van der Waals surface area contributed by atoms with Crippen LogP contribution in [0.25, 0.3) is 4.91 Å². The summed E-state index contributed by atoms with van der Waals surface area (Å²) in [6.45, 7) is 1.90. The van der Waals surface area contributed by atoms with E-state index in [9.17, 15) is 9.59 Å². The molecule has 2 aromatic carbocycles. The van der Waals surface area contributed by atoms with Crippen molar-refractivity contribution in [2.75, 3.05) is 12.4 Å². The van der Waals surface area contributed by atoms with Gasteiger partial charge in [0, 0.05) is 32.3 Å². The van der Waals surface area contributed by atoms with Crippen molar-refractivity contribution < 1.29 is 14.3 Å². The maximum absolute atomic E-state index is 12.2. The molecular weight excluding hydrogens is 374 g/mol. The van der Waals surface area contributed by atoms with Crippen LogP contribution < -0.4 is 16.6 Å². The third kappa shape index (κ3) is 3.95. The summed E-state index contributed by atoms with van der Waals surface area (Å²) in [5.41, 5.74) is 5.80. The number of nitrogens with one attached hydrogen (secondary N) is 2. The van der Waals surface area contributed by atoms with Crippen molar-refractivity contribution >= 4 is 34.2 Å². The Morgan fingerprint density at radius 1 is 1.14 bits per heavy atom. The van der Waals surface area contributed by atoms with E-state index in [0.717, 1.165) is 21.1 Å². The van der Waals surface area contributed by atoms with Crippen LogP contribution in [0.3, 0.4) is 0 Å².